The van der Waals surface area contributed by atoms with Gasteiger partial charge in [0.2, 0.25) is 0 Å². The summed E-state index contributed by atoms with van der Waals surface area (Å²) in [5.74, 6) is 3.12. The van der Waals surface area contributed by atoms with Gasteiger partial charge in [-0.05, 0) is 48.9 Å². The Labute approximate surface area is 140 Å². The van der Waals surface area contributed by atoms with E-state index in [0.29, 0.717) is 29.7 Å². The van der Waals surface area contributed by atoms with Gasteiger partial charge in [0.15, 0.2) is 11.5 Å². The average Bonchev–Trinajstić information content (AvgIpc) is 2.54. The Morgan fingerprint density at radius 1 is 1.22 bits per heavy atom. The van der Waals surface area contributed by atoms with E-state index in [4.69, 9.17) is 27.5 Å². The molecule has 0 radical (unpaired) electrons. The molecule has 0 saturated carbocycles. The first-order chi connectivity index (χ1) is 11.1. The van der Waals surface area contributed by atoms with Crippen molar-refractivity contribution in [1.82, 2.24) is 0 Å². The van der Waals surface area contributed by atoms with Gasteiger partial charge in [-0.3, -0.25) is 0 Å². The molecule has 0 aliphatic rings. The lowest BCUT2D eigenvalue weighted by Crippen LogP contribution is -2.04. The lowest BCUT2D eigenvalue weighted by molar-refractivity contribution is 0.299. The number of nitrogens with one attached hydrogen (secondary N) is 1. The lowest BCUT2D eigenvalue weighted by atomic mass is 10.2. The fraction of sp³-hybridized carbons (Fsp3) is 0.222. The molecule has 0 heterocycles. The summed E-state index contributed by atoms with van der Waals surface area (Å²) in [5.41, 5.74) is 1.73. The monoisotopic (exact) mass is 333 g/mol. The molecule has 3 nitrogen and oxygen atoms in total. The first-order valence-electron chi connectivity index (χ1n) is 7.15. The van der Waals surface area contributed by atoms with E-state index in [9.17, 15) is 4.39 Å². The molecule has 0 unspecified atom stereocenters. The van der Waals surface area contributed by atoms with Crippen LogP contribution in [0.15, 0.2) is 36.4 Å². The van der Waals surface area contributed by atoms with Crippen LogP contribution in [0.2, 0.25) is 5.02 Å². The standard InChI is InChI=1S/C18H17ClFNO2/c1-3-9-23-18-16(19)10-13(11-17(18)22-4-2)12-21-15-7-5-14(20)6-8-15/h1,5-8,10-11,21H,4,9,12H2,2H3. The fourth-order valence-corrected chi connectivity index (χ4v) is 2.30. The van der Waals surface area contributed by atoms with Crippen molar-refractivity contribution in [2.45, 2.75) is 13.5 Å². The highest BCUT2D eigenvalue weighted by Gasteiger charge is 2.12. The van der Waals surface area contributed by atoms with Crippen LogP contribution in [0.3, 0.4) is 0 Å². The van der Waals surface area contributed by atoms with Gasteiger partial charge < -0.3 is 14.8 Å². The molecule has 0 bridgehead atoms. The molecule has 0 fully saturated rings. The summed E-state index contributed by atoms with van der Waals surface area (Å²) in [7, 11) is 0. The van der Waals surface area contributed by atoms with Crippen molar-refractivity contribution in [2.24, 2.45) is 0 Å². The first kappa shape index (κ1) is 17.0. The van der Waals surface area contributed by atoms with Crippen LogP contribution in [0.25, 0.3) is 0 Å². The zero-order valence-corrected chi connectivity index (χ0v) is 13.5. The maximum absolute atomic E-state index is 12.9. The molecule has 23 heavy (non-hydrogen) atoms. The van der Waals surface area contributed by atoms with E-state index in [1.165, 1.54) is 12.1 Å². The quantitative estimate of drug-likeness (QED) is 0.757. The summed E-state index contributed by atoms with van der Waals surface area (Å²) in [6.45, 7) is 2.99. The van der Waals surface area contributed by atoms with Gasteiger partial charge in [-0.25, -0.2) is 4.39 Å². The van der Waals surface area contributed by atoms with Gasteiger partial charge in [-0.2, -0.15) is 0 Å². The molecule has 2 aromatic rings. The van der Waals surface area contributed by atoms with Gasteiger partial charge in [-0.1, -0.05) is 17.5 Å². The Bertz CT molecular complexity index is 695. The minimum atomic E-state index is -0.271. The molecule has 0 atom stereocenters. The molecule has 0 saturated heterocycles. The van der Waals surface area contributed by atoms with Crippen LogP contribution in [-0.4, -0.2) is 13.2 Å². The molecular weight excluding hydrogens is 317 g/mol. The minimum absolute atomic E-state index is 0.118. The number of halogens is 2. The second-order valence-electron chi connectivity index (χ2n) is 4.69. The lowest BCUT2D eigenvalue weighted by Gasteiger charge is -2.14. The molecule has 2 rings (SSSR count). The molecule has 0 aliphatic carbocycles. The smallest absolute Gasteiger partial charge is 0.181 e. The van der Waals surface area contributed by atoms with Gasteiger partial charge in [0.05, 0.1) is 11.6 Å². The van der Waals surface area contributed by atoms with Gasteiger partial charge in [0.1, 0.15) is 12.4 Å². The van der Waals surface area contributed by atoms with Crippen LogP contribution >= 0.6 is 11.6 Å². The predicted octanol–water partition coefficient (Wildman–Crippen LogP) is 4.50. The minimum Gasteiger partial charge on any atom is -0.490 e. The fourth-order valence-electron chi connectivity index (χ4n) is 2.01. The van der Waals surface area contributed by atoms with Crippen molar-refractivity contribution < 1.29 is 13.9 Å². The van der Waals surface area contributed by atoms with E-state index in [0.717, 1.165) is 11.3 Å². The van der Waals surface area contributed by atoms with E-state index >= 15 is 0 Å². The van der Waals surface area contributed by atoms with E-state index in [1.54, 1.807) is 18.2 Å². The average molecular weight is 334 g/mol. The number of anilines is 1. The molecular formula is C18H17ClFNO2. The number of benzene rings is 2. The van der Waals surface area contributed by atoms with Crippen LogP contribution in [0.4, 0.5) is 10.1 Å². The maximum Gasteiger partial charge on any atom is 0.181 e. The Morgan fingerprint density at radius 3 is 2.61 bits per heavy atom. The van der Waals surface area contributed by atoms with Crippen LogP contribution in [0.5, 0.6) is 11.5 Å². The number of hydrogen-bond donors (Lipinski definition) is 1. The highest BCUT2D eigenvalue weighted by atomic mass is 35.5. The van der Waals surface area contributed by atoms with Crippen LogP contribution in [-0.2, 0) is 6.54 Å². The van der Waals surface area contributed by atoms with E-state index < -0.39 is 0 Å². The normalized spacial score (nSPS) is 10.0. The second-order valence-corrected chi connectivity index (χ2v) is 5.10. The number of terminal acetylenes is 1. The third-order valence-electron chi connectivity index (χ3n) is 3.01. The molecule has 0 spiro atoms. The maximum atomic E-state index is 12.9. The van der Waals surface area contributed by atoms with Crippen molar-refractivity contribution >= 4 is 17.3 Å². The molecule has 5 heteroatoms. The van der Waals surface area contributed by atoms with Gasteiger partial charge in [0.25, 0.3) is 0 Å². The summed E-state index contributed by atoms with van der Waals surface area (Å²) in [6, 6.07) is 9.77. The van der Waals surface area contributed by atoms with Crippen molar-refractivity contribution in [3.05, 3.63) is 52.8 Å². The second kappa shape index (κ2) is 8.30. The van der Waals surface area contributed by atoms with Crippen LogP contribution < -0.4 is 14.8 Å². The first-order valence-corrected chi connectivity index (χ1v) is 7.52. The van der Waals surface area contributed by atoms with Crippen LogP contribution in [0.1, 0.15) is 12.5 Å². The third kappa shape index (κ3) is 4.80. The zero-order chi connectivity index (χ0) is 16.7. The summed E-state index contributed by atoms with van der Waals surface area (Å²) in [5, 5.41) is 3.63. The Hall–Kier alpha value is -2.38. The topological polar surface area (TPSA) is 30.5 Å². The molecule has 2 aromatic carbocycles. The van der Waals surface area contributed by atoms with Crippen molar-refractivity contribution in [1.29, 1.82) is 0 Å². The van der Waals surface area contributed by atoms with Gasteiger partial charge in [0, 0.05) is 12.2 Å². The molecule has 0 aliphatic heterocycles. The Kier molecular flexibility index (Phi) is 6.13. The van der Waals surface area contributed by atoms with Crippen molar-refractivity contribution in [3.8, 4) is 23.8 Å². The van der Waals surface area contributed by atoms with Crippen molar-refractivity contribution in [2.75, 3.05) is 18.5 Å². The van der Waals surface area contributed by atoms with Gasteiger partial charge >= 0.3 is 0 Å². The summed E-state index contributed by atoms with van der Waals surface area (Å²) < 4.78 is 23.9. The highest BCUT2D eigenvalue weighted by molar-refractivity contribution is 6.32. The van der Waals surface area contributed by atoms with E-state index in [2.05, 4.69) is 11.2 Å². The molecule has 0 aromatic heterocycles. The molecule has 120 valence electrons. The predicted molar refractivity (Wildman–Crippen MR) is 90.7 cm³/mol. The SMILES string of the molecule is C#CCOc1c(Cl)cc(CNc2ccc(F)cc2)cc1OCC. The summed E-state index contributed by atoms with van der Waals surface area (Å²) >= 11 is 6.26. The zero-order valence-electron chi connectivity index (χ0n) is 12.7. The Balaban J connectivity index is 2.15. The number of rotatable bonds is 7. The number of ether oxygens (including phenoxy) is 2. The van der Waals surface area contributed by atoms with E-state index in [-0.39, 0.29) is 12.4 Å². The van der Waals surface area contributed by atoms with Gasteiger partial charge in [-0.15, -0.1) is 6.42 Å². The highest BCUT2D eigenvalue weighted by Crippen LogP contribution is 2.36. The third-order valence-corrected chi connectivity index (χ3v) is 3.29. The molecule has 1 N–H and O–H groups in total. The number of hydrogen-bond acceptors (Lipinski definition) is 3. The molecule has 0 amide bonds. The van der Waals surface area contributed by atoms with Crippen LogP contribution in [0, 0.1) is 18.2 Å². The summed E-state index contributed by atoms with van der Waals surface area (Å²) in [4.78, 5) is 0. The van der Waals surface area contributed by atoms with Crippen molar-refractivity contribution in [3.63, 3.8) is 0 Å². The Morgan fingerprint density at radius 2 is 1.96 bits per heavy atom. The van der Waals surface area contributed by atoms with E-state index in [1.807, 2.05) is 13.0 Å². The largest absolute Gasteiger partial charge is 0.490 e. The summed E-state index contributed by atoms with van der Waals surface area (Å²) in [6.07, 6.45) is 5.21.